The number of carbonyl (C=O) groups is 2. The van der Waals surface area contributed by atoms with Gasteiger partial charge in [0.25, 0.3) is 0 Å². The van der Waals surface area contributed by atoms with E-state index in [1.54, 1.807) is 52.5 Å². The van der Waals surface area contributed by atoms with E-state index in [9.17, 15) is 9.59 Å². The molecule has 1 heterocycles. The molecule has 0 aliphatic heterocycles. The largest absolute Gasteiger partial charge is 0.496 e. The van der Waals surface area contributed by atoms with Gasteiger partial charge in [-0.25, -0.2) is 14.6 Å². The van der Waals surface area contributed by atoms with Gasteiger partial charge in [0.2, 0.25) is 11.4 Å². The summed E-state index contributed by atoms with van der Waals surface area (Å²) in [6.45, 7) is 3.38. The fourth-order valence-corrected chi connectivity index (χ4v) is 5.46. The van der Waals surface area contributed by atoms with Crippen LogP contribution in [0.2, 0.25) is 10.0 Å². The van der Waals surface area contributed by atoms with Crippen molar-refractivity contribution in [3.63, 3.8) is 0 Å². The van der Waals surface area contributed by atoms with E-state index in [1.165, 1.54) is 11.8 Å². The Bertz CT molecular complexity index is 1280. The number of aromatic nitrogens is 1. The van der Waals surface area contributed by atoms with Gasteiger partial charge in [-0.15, -0.1) is 0 Å². The van der Waals surface area contributed by atoms with Crippen LogP contribution < -0.4 is 15.2 Å². The van der Waals surface area contributed by atoms with Gasteiger partial charge in [0.05, 0.1) is 37.5 Å². The molecule has 0 aliphatic carbocycles. The minimum atomic E-state index is -2.03. The summed E-state index contributed by atoms with van der Waals surface area (Å²) in [5, 5.41) is 0.684. The minimum absolute atomic E-state index is 0.0626. The third-order valence-electron chi connectivity index (χ3n) is 5.69. The molecule has 11 heteroatoms. The number of methoxy groups -OCH3 is 2. The topological polar surface area (TPSA) is 110 Å². The lowest BCUT2D eigenvalue weighted by Gasteiger charge is -2.25. The Morgan fingerprint density at radius 2 is 1.56 bits per heavy atom. The zero-order valence-electron chi connectivity index (χ0n) is 22.1. The highest BCUT2D eigenvalue weighted by Crippen LogP contribution is 2.41. The lowest BCUT2D eigenvalue weighted by molar-refractivity contribution is -0.164. The summed E-state index contributed by atoms with van der Waals surface area (Å²) in [5.74, 6) is -0.488. The highest BCUT2D eigenvalue weighted by Gasteiger charge is 2.45. The molecule has 0 saturated carbocycles. The van der Waals surface area contributed by atoms with Crippen LogP contribution in [0.4, 0.5) is 0 Å². The van der Waals surface area contributed by atoms with Gasteiger partial charge in [-0.05, 0) is 60.9 Å². The summed E-state index contributed by atoms with van der Waals surface area (Å²) in [6.07, 6.45) is 2.15. The highest BCUT2D eigenvalue weighted by molar-refractivity contribution is 7.99. The minimum Gasteiger partial charge on any atom is -0.496 e. The second-order valence-electron chi connectivity index (χ2n) is 8.44. The number of hydrogen-bond donors (Lipinski definition) is 1. The van der Waals surface area contributed by atoms with Crippen molar-refractivity contribution >= 4 is 46.9 Å². The van der Waals surface area contributed by atoms with Crippen molar-refractivity contribution in [2.75, 3.05) is 27.4 Å². The first kappa shape index (κ1) is 30.6. The molecular weight excluding hydrogens is 563 g/mol. The number of ether oxygens (including phenoxy) is 4. The van der Waals surface area contributed by atoms with Crippen molar-refractivity contribution in [1.29, 1.82) is 0 Å². The first-order valence-electron chi connectivity index (χ1n) is 12.1. The molecular formula is C28H30Cl2N2O6S. The van der Waals surface area contributed by atoms with E-state index in [0.29, 0.717) is 32.8 Å². The molecule has 0 atom stereocenters. The van der Waals surface area contributed by atoms with Gasteiger partial charge in [-0.3, -0.25) is 0 Å². The van der Waals surface area contributed by atoms with E-state index >= 15 is 0 Å². The summed E-state index contributed by atoms with van der Waals surface area (Å²) in [6, 6.07) is 12.8. The number of rotatable bonds is 12. The van der Waals surface area contributed by atoms with Crippen LogP contribution in [0.5, 0.6) is 11.6 Å². The fourth-order valence-electron chi connectivity index (χ4n) is 3.81. The maximum atomic E-state index is 12.6. The number of nitrogens with zero attached hydrogens (tertiary/aromatic N) is 1. The predicted molar refractivity (Wildman–Crippen MR) is 151 cm³/mol. The Balaban J connectivity index is 1.87. The van der Waals surface area contributed by atoms with Gasteiger partial charge in [-0.1, -0.05) is 41.0 Å². The van der Waals surface area contributed by atoms with Crippen LogP contribution in [-0.2, 0) is 31.9 Å². The molecule has 3 rings (SSSR count). The van der Waals surface area contributed by atoms with E-state index in [-0.39, 0.29) is 19.6 Å². The number of carbonyl (C=O) groups excluding carboxylic acids is 2. The quantitative estimate of drug-likeness (QED) is 0.215. The second kappa shape index (κ2) is 13.9. The molecule has 3 aromatic rings. The van der Waals surface area contributed by atoms with E-state index in [2.05, 4.69) is 4.98 Å². The van der Waals surface area contributed by atoms with Gasteiger partial charge in [0.1, 0.15) is 5.75 Å². The third-order valence-corrected chi connectivity index (χ3v) is 7.65. The summed E-state index contributed by atoms with van der Waals surface area (Å²) in [4.78, 5) is 30.9. The van der Waals surface area contributed by atoms with Crippen LogP contribution >= 0.6 is 35.0 Å². The molecule has 0 saturated heterocycles. The van der Waals surface area contributed by atoms with Crippen molar-refractivity contribution in [3.05, 3.63) is 75.4 Å². The molecule has 2 N–H and O–H groups in total. The monoisotopic (exact) mass is 592 g/mol. The van der Waals surface area contributed by atoms with Crippen LogP contribution in [0.25, 0.3) is 0 Å². The Hall–Kier alpha value is -2.98. The second-order valence-corrected chi connectivity index (χ2v) is 10.3. The van der Waals surface area contributed by atoms with E-state index in [0.717, 1.165) is 21.8 Å². The number of nitrogens with two attached hydrogens (primary N) is 1. The first-order chi connectivity index (χ1) is 18.6. The smallest absolute Gasteiger partial charge is 0.338 e. The molecule has 2 aromatic carbocycles. The zero-order valence-corrected chi connectivity index (χ0v) is 24.4. The molecule has 8 nitrogen and oxygen atoms in total. The lowest BCUT2D eigenvalue weighted by Crippen LogP contribution is -2.58. The van der Waals surface area contributed by atoms with Crippen LogP contribution in [0.1, 0.15) is 30.5 Å². The number of esters is 2. The molecule has 0 unspecified atom stereocenters. The molecule has 0 radical (unpaired) electrons. The average Bonchev–Trinajstić information content (AvgIpc) is 2.91. The zero-order chi connectivity index (χ0) is 28.6. The normalized spacial score (nSPS) is 11.2. The molecule has 0 spiro atoms. The average molecular weight is 594 g/mol. The maximum absolute atomic E-state index is 12.6. The molecule has 208 valence electrons. The van der Waals surface area contributed by atoms with Gasteiger partial charge in [0.15, 0.2) is 0 Å². The Morgan fingerprint density at radius 1 is 0.923 bits per heavy atom. The number of halogens is 2. The van der Waals surface area contributed by atoms with Gasteiger partial charge < -0.3 is 24.7 Å². The Kier molecular flexibility index (Phi) is 10.9. The van der Waals surface area contributed by atoms with E-state index in [1.807, 2.05) is 24.3 Å². The Morgan fingerprint density at radius 3 is 2.08 bits per heavy atom. The van der Waals surface area contributed by atoms with Crippen molar-refractivity contribution in [3.8, 4) is 11.6 Å². The maximum Gasteiger partial charge on any atom is 0.338 e. The predicted octanol–water partition coefficient (Wildman–Crippen LogP) is 5.51. The molecule has 1 aromatic heterocycles. The van der Waals surface area contributed by atoms with Crippen LogP contribution in [0, 0.1) is 0 Å². The summed E-state index contributed by atoms with van der Waals surface area (Å²) in [5.41, 5.74) is 6.61. The lowest BCUT2D eigenvalue weighted by atomic mass is 9.92. The van der Waals surface area contributed by atoms with Crippen molar-refractivity contribution in [1.82, 2.24) is 4.98 Å². The number of hydrogen-bond acceptors (Lipinski definition) is 9. The highest BCUT2D eigenvalue weighted by atomic mass is 35.5. The third kappa shape index (κ3) is 7.57. The Labute approximate surface area is 242 Å². The fraction of sp³-hybridized carbons (Fsp3) is 0.321. The van der Waals surface area contributed by atoms with Crippen LogP contribution in [0.3, 0.4) is 0 Å². The van der Waals surface area contributed by atoms with E-state index < -0.39 is 17.5 Å². The van der Waals surface area contributed by atoms with Crippen molar-refractivity contribution in [2.45, 2.75) is 42.0 Å². The molecule has 39 heavy (non-hydrogen) atoms. The molecule has 0 bridgehead atoms. The van der Waals surface area contributed by atoms with Gasteiger partial charge >= 0.3 is 11.9 Å². The molecule has 0 aliphatic rings. The van der Waals surface area contributed by atoms with Gasteiger partial charge in [0, 0.05) is 34.9 Å². The SMILES string of the molecule is CCOC(=O)C(N)(Cc1cc(Cl)c(Sc2ccc(OC)c(Cc3ccc(OC)nc3)c2)c(Cl)c1)C(=O)OCC. The summed E-state index contributed by atoms with van der Waals surface area (Å²) in [7, 11) is 3.19. The molecule has 0 amide bonds. The number of benzene rings is 2. The van der Waals surface area contributed by atoms with Crippen LogP contribution in [-0.4, -0.2) is 49.9 Å². The number of pyridine rings is 1. The summed E-state index contributed by atoms with van der Waals surface area (Å²) < 4.78 is 20.8. The standard InChI is InChI=1S/C28H30Cl2N2O6S/c1-5-37-26(33)28(31,27(34)38-6-2)15-18-12-21(29)25(22(30)13-18)39-20-8-9-23(35-3)19(14-20)11-17-7-10-24(36-4)32-16-17/h7-10,12-14,16H,5-6,11,15,31H2,1-4H3. The van der Waals surface area contributed by atoms with E-state index in [4.69, 9.17) is 47.9 Å². The van der Waals surface area contributed by atoms with Crippen molar-refractivity contribution < 1.29 is 28.5 Å². The van der Waals surface area contributed by atoms with Crippen LogP contribution in [0.15, 0.2) is 58.5 Å². The van der Waals surface area contributed by atoms with Crippen molar-refractivity contribution in [2.24, 2.45) is 5.73 Å². The summed E-state index contributed by atoms with van der Waals surface area (Å²) >= 11 is 14.6. The van der Waals surface area contributed by atoms with Gasteiger partial charge in [-0.2, -0.15) is 0 Å². The molecule has 0 fully saturated rings. The first-order valence-corrected chi connectivity index (χ1v) is 13.7.